The monoisotopic (exact) mass is 545 g/mol. The van der Waals surface area contributed by atoms with Gasteiger partial charge in [-0.3, -0.25) is 4.52 Å². The highest BCUT2D eigenvalue weighted by atomic mass is 31.2. The predicted molar refractivity (Wildman–Crippen MR) is 135 cm³/mol. The van der Waals surface area contributed by atoms with Gasteiger partial charge in [0.2, 0.25) is 0 Å². The third-order valence-electron chi connectivity index (χ3n) is 6.19. The SMILES string of the molecule is C/C=C(\C)C(=O)OC1C(OP(=O)(O)O)C(O)C(COC(=O)c2ccccc2)OC1n1ccc2ccccc21. The van der Waals surface area contributed by atoms with Gasteiger partial charge in [-0.05, 0) is 43.5 Å². The molecule has 2 heterocycles. The highest BCUT2D eigenvalue weighted by Crippen LogP contribution is 2.44. The van der Waals surface area contributed by atoms with Crippen LogP contribution in [0.3, 0.4) is 0 Å². The largest absolute Gasteiger partial charge is 0.470 e. The topological polar surface area (TPSA) is 154 Å². The zero-order chi connectivity index (χ0) is 27.4. The number of esters is 2. The molecule has 0 bridgehead atoms. The van der Waals surface area contributed by atoms with Crippen LogP contribution in [0, 0.1) is 0 Å². The lowest BCUT2D eigenvalue weighted by Gasteiger charge is -2.44. The van der Waals surface area contributed by atoms with Crippen molar-refractivity contribution in [2.45, 2.75) is 44.5 Å². The van der Waals surface area contributed by atoms with Crippen LogP contribution in [0.5, 0.6) is 0 Å². The van der Waals surface area contributed by atoms with Gasteiger partial charge < -0.3 is 33.7 Å². The maximum Gasteiger partial charge on any atom is 0.470 e. The second-order valence-corrected chi connectivity index (χ2v) is 9.90. The normalized spacial score (nSPS) is 24.2. The number of carbonyl (C=O) groups is 2. The molecule has 1 aliphatic rings. The van der Waals surface area contributed by atoms with E-state index < -0.39 is 57.0 Å². The van der Waals surface area contributed by atoms with Crippen molar-refractivity contribution in [2.24, 2.45) is 0 Å². The molecule has 1 aromatic heterocycles. The molecular formula is C26H28NO10P. The van der Waals surface area contributed by atoms with E-state index in [1.165, 1.54) is 13.0 Å². The minimum absolute atomic E-state index is 0.226. The molecule has 0 saturated carbocycles. The minimum atomic E-state index is -5.19. The third-order valence-corrected chi connectivity index (χ3v) is 6.70. The number of nitrogens with zero attached hydrogens (tertiary/aromatic N) is 1. The number of phosphoric ester groups is 1. The Hall–Kier alpha value is -3.31. The van der Waals surface area contributed by atoms with E-state index >= 15 is 0 Å². The number of fused-ring (bicyclic) bond motifs is 1. The Morgan fingerprint density at radius 2 is 1.74 bits per heavy atom. The number of aliphatic hydroxyl groups is 1. The number of aromatic nitrogens is 1. The number of hydrogen-bond donors (Lipinski definition) is 3. The van der Waals surface area contributed by atoms with Crippen LogP contribution in [-0.2, 0) is 28.1 Å². The number of carbonyl (C=O) groups excluding carboxylic acids is 2. The fraction of sp³-hybridized carbons (Fsp3) is 0.308. The summed E-state index contributed by atoms with van der Waals surface area (Å²) in [6, 6.07) is 17.2. The Kier molecular flexibility index (Phi) is 8.47. The molecule has 12 heteroatoms. The summed E-state index contributed by atoms with van der Waals surface area (Å²) in [6.45, 7) is 2.66. The highest BCUT2D eigenvalue weighted by molar-refractivity contribution is 7.46. The second-order valence-electron chi connectivity index (χ2n) is 8.70. The van der Waals surface area contributed by atoms with Crippen LogP contribution in [-0.4, -0.2) is 62.4 Å². The number of ether oxygens (including phenoxy) is 3. The smallest absolute Gasteiger partial charge is 0.459 e. The van der Waals surface area contributed by atoms with Gasteiger partial charge in [0, 0.05) is 11.8 Å². The molecule has 0 radical (unpaired) electrons. The Labute approximate surface area is 218 Å². The first kappa shape index (κ1) is 27.7. The van der Waals surface area contributed by atoms with Gasteiger partial charge >= 0.3 is 19.8 Å². The van der Waals surface area contributed by atoms with Crippen LogP contribution in [0.2, 0.25) is 0 Å². The Morgan fingerprint density at radius 3 is 2.42 bits per heavy atom. The molecule has 2 aromatic carbocycles. The average Bonchev–Trinajstić information content (AvgIpc) is 3.33. The van der Waals surface area contributed by atoms with Crippen LogP contribution >= 0.6 is 7.82 Å². The summed E-state index contributed by atoms with van der Waals surface area (Å²) in [5.41, 5.74) is 1.15. The van der Waals surface area contributed by atoms with Crippen LogP contribution in [0.15, 0.2) is 78.5 Å². The standard InChI is InChI=1S/C26H28NO10P/c1-3-16(2)25(29)36-23-22(37-38(31,32)33)21(28)20(15-34-26(30)18-10-5-4-6-11-18)35-24(23)27-14-13-17-9-7-8-12-19(17)27/h3-14,20-24,28H,15H2,1-2H3,(H2,31,32,33)/b16-3+. The van der Waals surface area contributed by atoms with E-state index in [0.29, 0.717) is 5.52 Å². The molecule has 5 atom stereocenters. The van der Waals surface area contributed by atoms with Crippen molar-refractivity contribution in [1.82, 2.24) is 4.57 Å². The molecule has 0 aliphatic carbocycles. The molecule has 1 aliphatic heterocycles. The van der Waals surface area contributed by atoms with Crippen molar-refractivity contribution in [3.63, 3.8) is 0 Å². The molecule has 0 amide bonds. The molecule has 11 nitrogen and oxygen atoms in total. The second kappa shape index (κ2) is 11.6. The van der Waals surface area contributed by atoms with Gasteiger partial charge in [-0.2, -0.15) is 0 Å². The van der Waals surface area contributed by atoms with Gasteiger partial charge in [0.25, 0.3) is 0 Å². The van der Waals surface area contributed by atoms with Crippen molar-refractivity contribution >= 4 is 30.7 Å². The molecule has 5 unspecified atom stereocenters. The highest BCUT2D eigenvalue weighted by Gasteiger charge is 2.51. The summed E-state index contributed by atoms with van der Waals surface area (Å²) >= 11 is 0. The van der Waals surface area contributed by atoms with Crippen molar-refractivity contribution in [1.29, 1.82) is 0 Å². The van der Waals surface area contributed by atoms with Crippen molar-refractivity contribution in [2.75, 3.05) is 6.61 Å². The summed E-state index contributed by atoms with van der Waals surface area (Å²) in [5.74, 6) is -1.47. The summed E-state index contributed by atoms with van der Waals surface area (Å²) in [4.78, 5) is 44.5. The van der Waals surface area contributed by atoms with Crippen molar-refractivity contribution < 1.29 is 47.8 Å². The van der Waals surface area contributed by atoms with E-state index in [4.69, 9.17) is 18.7 Å². The number of benzene rings is 2. The fourth-order valence-corrected chi connectivity index (χ4v) is 4.71. The van der Waals surface area contributed by atoms with Crippen molar-refractivity contribution in [3.05, 3.63) is 84.1 Å². The lowest BCUT2D eigenvalue weighted by Crippen LogP contribution is -2.58. The first-order valence-electron chi connectivity index (χ1n) is 11.8. The average molecular weight is 545 g/mol. The fourth-order valence-electron chi connectivity index (χ4n) is 4.15. The van der Waals surface area contributed by atoms with Gasteiger partial charge in [0.1, 0.15) is 24.9 Å². The van der Waals surface area contributed by atoms with Crippen LogP contribution in [0.25, 0.3) is 10.9 Å². The van der Waals surface area contributed by atoms with E-state index in [0.717, 1.165) is 5.39 Å². The Balaban J connectivity index is 1.71. The van der Waals surface area contributed by atoms with Gasteiger partial charge in [-0.25, -0.2) is 14.2 Å². The van der Waals surface area contributed by atoms with Crippen LogP contribution < -0.4 is 0 Å². The van der Waals surface area contributed by atoms with Gasteiger partial charge in [-0.1, -0.05) is 42.5 Å². The van der Waals surface area contributed by atoms with Gasteiger partial charge in [0.15, 0.2) is 12.3 Å². The maximum atomic E-state index is 12.7. The lowest BCUT2D eigenvalue weighted by atomic mass is 9.97. The summed E-state index contributed by atoms with van der Waals surface area (Å²) in [5, 5.41) is 11.9. The number of aliphatic hydroxyl groups excluding tert-OH is 1. The number of para-hydroxylation sites is 1. The Morgan fingerprint density at radius 1 is 1.05 bits per heavy atom. The van der Waals surface area contributed by atoms with E-state index in [1.807, 2.05) is 12.1 Å². The first-order chi connectivity index (χ1) is 18.1. The number of allylic oxidation sites excluding steroid dienone is 1. The summed E-state index contributed by atoms with van der Waals surface area (Å²) < 4.78 is 35.5. The molecule has 38 heavy (non-hydrogen) atoms. The number of rotatable bonds is 8. The van der Waals surface area contributed by atoms with Crippen LogP contribution in [0.1, 0.15) is 30.4 Å². The number of phosphoric acid groups is 1. The van der Waals surface area contributed by atoms with Crippen LogP contribution in [0.4, 0.5) is 0 Å². The van der Waals surface area contributed by atoms with Crippen molar-refractivity contribution in [3.8, 4) is 0 Å². The molecule has 202 valence electrons. The zero-order valence-electron chi connectivity index (χ0n) is 20.6. The molecule has 1 saturated heterocycles. The molecule has 0 spiro atoms. The van der Waals surface area contributed by atoms with E-state index in [-0.39, 0.29) is 11.1 Å². The number of hydrogen-bond acceptors (Lipinski definition) is 8. The zero-order valence-corrected chi connectivity index (χ0v) is 21.5. The quantitative estimate of drug-likeness (QED) is 0.219. The lowest BCUT2D eigenvalue weighted by molar-refractivity contribution is -0.253. The maximum absolute atomic E-state index is 12.7. The van der Waals surface area contributed by atoms with E-state index in [2.05, 4.69) is 0 Å². The molecule has 1 fully saturated rings. The summed E-state index contributed by atoms with van der Waals surface area (Å²) in [7, 11) is -5.19. The molecule has 3 aromatic rings. The summed E-state index contributed by atoms with van der Waals surface area (Å²) in [6.07, 6.45) is -4.30. The molecule has 3 N–H and O–H groups in total. The minimum Gasteiger partial charge on any atom is -0.459 e. The van der Waals surface area contributed by atoms with E-state index in [1.54, 1.807) is 66.2 Å². The molecular weight excluding hydrogens is 517 g/mol. The first-order valence-corrected chi connectivity index (χ1v) is 13.3. The predicted octanol–water partition coefficient (Wildman–Crippen LogP) is 3.11. The third kappa shape index (κ3) is 6.21. The Bertz CT molecular complexity index is 1360. The molecule has 4 rings (SSSR count). The van der Waals surface area contributed by atoms with Gasteiger partial charge in [-0.15, -0.1) is 0 Å². The van der Waals surface area contributed by atoms with E-state index in [9.17, 15) is 29.0 Å². The van der Waals surface area contributed by atoms with Gasteiger partial charge in [0.05, 0.1) is 11.1 Å².